The summed E-state index contributed by atoms with van der Waals surface area (Å²) in [6, 6.07) is 0.743. The van der Waals surface area contributed by atoms with Crippen molar-refractivity contribution in [3.05, 3.63) is 0 Å². The molecule has 3 fully saturated rings. The second-order valence-electron chi connectivity index (χ2n) is 7.03. The first-order chi connectivity index (χ1) is 8.57. The monoisotopic (exact) mass is 257 g/mol. The molecular formula is C15H25F2N. The van der Waals surface area contributed by atoms with Crippen molar-refractivity contribution in [3.63, 3.8) is 0 Å². The van der Waals surface area contributed by atoms with E-state index >= 15 is 0 Å². The van der Waals surface area contributed by atoms with Gasteiger partial charge < -0.3 is 5.32 Å². The van der Waals surface area contributed by atoms with Gasteiger partial charge in [0, 0.05) is 25.4 Å². The fraction of sp³-hybridized carbons (Fsp3) is 1.00. The maximum Gasteiger partial charge on any atom is 0.248 e. The third-order valence-electron chi connectivity index (χ3n) is 5.23. The summed E-state index contributed by atoms with van der Waals surface area (Å²) in [5.74, 6) is -2.09. The lowest BCUT2D eigenvalue weighted by Crippen LogP contribution is -2.35. The van der Waals surface area contributed by atoms with Crippen LogP contribution in [0.4, 0.5) is 8.78 Å². The molecule has 0 bridgehead atoms. The molecule has 3 aliphatic carbocycles. The predicted molar refractivity (Wildman–Crippen MR) is 68.8 cm³/mol. The topological polar surface area (TPSA) is 12.0 Å². The minimum atomic E-state index is -2.37. The lowest BCUT2D eigenvalue weighted by Gasteiger charge is -2.32. The Morgan fingerprint density at radius 1 is 1.00 bits per heavy atom. The van der Waals surface area contributed by atoms with Crippen molar-refractivity contribution < 1.29 is 8.78 Å². The van der Waals surface area contributed by atoms with Gasteiger partial charge in [-0.15, -0.1) is 0 Å². The molecule has 0 amide bonds. The Morgan fingerprint density at radius 2 is 1.72 bits per heavy atom. The van der Waals surface area contributed by atoms with Gasteiger partial charge in [0.05, 0.1) is 0 Å². The molecule has 0 heterocycles. The van der Waals surface area contributed by atoms with Crippen LogP contribution >= 0.6 is 0 Å². The van der Waals surface area contributed by atoms with E-state index in [0.717, 1.165) is 25.4 Å². The first-order valence-corrected chi connectivity index (χ1v) is 7.68. The third kappa shape index (κ3) is 3.04. The Bertz CT molecular complexity index is 293. The third-order valence-corrected chi connectivity index (χ3v) is 5.23. The molecule has 1 unspecified atom stereocenters. The van der Waals surface area contributed by atoms with Gasteiger partial charge in [0.25, 0.3) is 0 Å². The Balaban J connectivity index is 1.55. The van der Waals surface area contributed by atoms with Crippen LogP contribution in [-0.4, -0.2) is 18.5 Å². The average molecular weight is 257 g/mol. The fourth-order valence-electron chi connectivity index (χ4n) is 4.05. The van der Waals surface area contributed by atoms with Crippen LogP contribution in [0.5, 0.6) is 0 Å². The molecule has 0 spiro atoms. The van der Waals surface area contributed by atoms with Gasteiger partial charge in [0.15, 0.2) is 0 Å². The Labute approximate surface area is 109 Å². The molecule has 0 saturated heterocycles. The number of alkyl halides is 2. The molecule has 3 heteroatoms. The van der Waals surface area contributed by atoms with Crippen LogP contribution < -0.4 is 5.32 Å². The molecule has 3 saturated carbocycles. The molecule has 104 valence electrons. The lowest BCUT2D eigenvalue weighted by atomic mass is 9.77. The van der Waals surface area contributed by atoms with Crippen LogP contribution in [0.1, 0.15) is 64.2 Å². The molecule has 18 heavy (non-hydrogen) atoms. The predicted octanol–water partition coefficient (Wildman–Crippen LogP) is 4.12. The first-order valence-electron chi connectivity index (χ1n) is 7.68. The summed E-state index contributed by atoms with van der Waals surface area (Å²) >= 11 is 0. The highest BCUT2D eigenvalue weighted by atomic mass is 19.3. The van der Waals surface area contributed by atoms with E-state index in [2.05, 4.69) is 5.32 Å². The summed E-state index contributed by atoms with van der Waals surface area (Å²) in [7, 11) is 0. The fourth-order valence-corrected chi connectivity index (χ4v) is 4.05. The van der Waals surface area contributed by atoms with Crippen molar-refractivity contribution in [2.75, 3.05) is 6.54 Å². The molecule has 3 aliphatic rings. The van der Waals surface area contributed by atoms with Gasteiger partial charge in [-0.1, -0.05) is 12.8 Å². The van der Waals surface area contributed by atoms with E-state index < -0.39 is 5.92 Å². The average Bonchev–Trinajstić information content (AvgIpc) is 2.94. The molecule has 1 atom stereocenters. The molecule has 1 N–H and O–H groups in total. The van der Waals surface area contributed by atoms with Crippen LogP contribution in [-0.2, 0) is 0 Å². The van der Waals surface area contributed by atoms with Crippen LogP contribution in [0.3, 0.4) is 0 Å². The molecule has 0 aliphatic heterocycles. The van der Waals surface area contributed by atoms with Gasteiger partial charge in [-0.25, -0.2) is 8.78 Å². The van der Waals surface area contributed by atoms with E-state index in [9.17, 15) is 8.78 Å². The van der Waals surface area contributed by atoms with Crippen molar-refractivity contribution in [1.82, 2.24) is 5.32 Å². The summed E-state index contributed by atoms with van der Waals surface area (Å²) < 4.78 is 26.6. The smallest absolute Gasteiger partial charge is 0.248 e. The molecule has 0 aromatic carbocycles. The van der Waals surface area contributed by atoms with Gasteiger partial charge in [0.2, 0.25) is 5.92 Å². The summed E-state index contributed by atoms with van der Waals surface area (Å²) in [4.78, 5) is 0. The zero-order chi connectivity index (χ0) is 12.6. The normalized spacial score (nSPS) is 34.0. The zero-order valence-corrected chi connectivity index (χ0v) is 11.2. The highest BCUT2D eigenvalue weighted by molar-refractivity contribution is 4.94. The maximum absolute atomic E-state index is 13.3. The number of hydrogen-bond donors (Lipinski definition) is 1. The van der Waals surface area contributed by atoms with Gasteiger partial charge in [-0.2, -0.15) is 0 Å². The van der Waals surface area contributed by atoms with E-state index in [1.165, 1.54) is 38.5 Å². The quantitative estimate of drug-likeness (QED) is 0.781. The molecular weight excluding hydrogens is 232 g/mol. The lowest BCUT2D eigenvalue weighted by molar-refractivity contribution is 0.00265. The van der Waals surface area contributed by atoms with Crippen molar-refractivity contribution in [1.29, 1.82) is 0 Å². The SMILES string of the molecule is FC1(F)CCC(CC2(CNC3CC3)CCCC2)C1. The molecule has 1 nitrogen and oxygen atoms in total. The Morgan fingerprint density at radius 3 is 2.28 bits per heavy atom. The maximum atomic E-state index is 13.3. The van der Waals surface area contributed by atoms with Crippen LogP contribution in [0.2, 0.25) is 0 Å². The minimum Gasteiger partial charge on any atom is -0.313 e. The summed E-state index contributed by atoms with van der Waals surface area (Å²) in [6.45, 7) is 1.08. The van der Waals surface area contributed by atoms with E-state index in [-0.39, 0.29) is 18.8 Å². The first kappa shape index (κ1) is 12.8. The van der Waals surface area contributed by atoms with Gasteiger partial charge in [-0.05, 0) is 49.9 Å². The van der Waals surface area contributed by atoms with E-state index in [4.69, 9.17) is 0 Å². The van der Waals surface area contributed by atoms with Crippen LogP contribution in [0.25, 0.3) is 0 Å². The van der Waals surface area contributed by atoms with Crippen molar-refractivity contribution in [3.8, 4) is 0 Å². The van der Waals surface area contributed by atoms with E-state index in [1.54, 1.807) is 0 Å². The summed E-state index contributed by atoms with van der Waals surface area (Å²) in [5.41, 5.74) is 0.355. The summed E-state index contributed by atoms with van der Waals surface area (Å²) in [6.07, 6.45) is 9.83. The molecule has 0 aromatic rings. The second kappa shape index (κ2) is 4.73. The van der Waals surface area contributed by atoms with Gasteiger partial charge in [-0.3, -0.25) is 0 Å². The van der Waals surface area contributed by atoms with E-state index in [0.29, 0.717) is 5.41 Å². The van der Waals surface area contributed by atoms with Gasteiger partial charge in [0.1, 0.15) is 0 Å². The molecule has 0 radical (unpaired) electrons. The highest BCUT2D eigenvalue weighted by Crippen LogP contribution is 2.49. The zero-order valence-electron chi connectivity index (χ0n) is 11.2. The highest BCUT2D eigenvalue weighted by Gasteiger charge is 2.44. The van der Waals surface area contributed by atoms with Crippen LogP contribution in [0.15, 0.2) is 0 Å². The van der Waals surface area contributed by atoms with Crippen LogP contribution in [0, 0.1) is 11.3 Å². The number of hydrogen-bond acceptors (Lipinski definition) is 1. The van der Waals surface area contributed by atoms with Crippen molar-refractivity contribution >= 4 is 0 Å². The van der Waals surface area contributed by atoms with E-state index in [1.807, 2.05) is 0 Å². The van der Waals surface area contributed by atoms with Gasteiger partial charge >= 0.3 is 0 Å². The number of halogens is 2. The van der Waals surface area contributed by atoms with Crippen molar-refractivity contribution in [2.24, 2.45) is 11.3 Å². The largest absolute Gasteiger partial charge is 0.313 e. The minimum absolute atomic E-state index is 0.129. The number of rotatable bonds is 5. The summed E-state index contributed by atoms with van der Waals surface area (Å²) in [5, 5.41) is 3.65. The molecule has 3 rings (SSSR count). The van der Waals surface area contributed by atoms with Crippen molar-refractivity contribution in [2.45, 2.75) is 76.2 Å². The Kier molecular flexibility index (Phi) is 3.38. The second-order valence-corrected chi connectivity index (χ2v) is 7.03. The standard InChI is InChI=1S/C15H25F2N/c16-15(17)8-5-12(10-15)9-14(6-1-2-7-14)11-18-13-3-4-13/h12-13,18H,1-11H2. The number of nitrogens with one attached hydrogen (secondary N) is 1. The molecule has 0 aromatic heterocycles. The Hall–Kier alpha value is -0.180.